The first-order valence-electron chi connectivity index (χ1n) is 8.90. The Morgan fingerprint density at radius 2 is 1.93 bits per heavy atom. The van der Waals surface area contributed by atoms with Crippen LogP contribution in [0, 0.1) is 0 Å². The summed E-state index contributed by atoms with van der Waals surface area (Å²) in [5.41, 5.74) is 4.81. The molecule has 0 fully saturated rings. The summed E-state index contributed by atoms with van der Waals surface area (Å²) in [7, 11) is 1.88. The molecule has 0 unspecified atom stereocenters. The van der Waals surface area contributed by atoms with Gasteiger partial charge in [0.25, 0.3) is 0 Å². The molecule has 1 aromatic carbocycles. The summed E-state index contributed by atoms with van der Waals surface area (Å²) in [6, 6.07) is 11.3. The van der Waals surface area contributed by atoms with Crippen molar-refractivity contribution < 1.29 is 9.21 Å². The number of pyridine rings is 2. The van der Waals surface area contributed by atoms with Crippen molar-refractivity contribution in [3.8, 4) is 11.1 Å². The van der Waals surface area contributed by atoms with Gasteiger partial charge >= 0.3 is 0 Å². The molecule has 0 aliphatic rings. The van der Waals surface area contributed by atoms with E-state index in [9.17, 15) is 4.79 Å². The Kier molecular flexibility index (Phi) is 3.76. The van der Waals surface area contributed by atoms with E-state index < -0.39 is 0 Å². The molecule has 5 rings (SSSR count). The van der Waals surface area contributed by atoms with Crippen LogP contribution >= 0.6 is 0 Å². The molecule has 136 valence electrons. The van der Waals surface area contributed by atoms with Gasteiger partial charge < -0.3 is 4.42 Å². The van der Waals surface area contributed by atoms with Crippen LogP contribution in [0.2, 0.25) is 0 Å². The van der Waals surface area contributed by atoms with Crippen molar-refractivity contribution in [1.82, 2.24) is 19.7 Å². The van der Waals surface area contributed by atoms with Gasteiger partial charge in [-0.05, 0) is 24.3 Å². The number of carbonyl (C=O) groups excluding carboxylic acids is 1. The molecule has 6 nitrogen and oxygen atoms in total. The highest BCUT2D eigenvalue weighted by atomic mass is 16.3. The van der Waals surface area contributed by atoms with E-state index >= 15 is 0 Å². The van der Waals surface area contributed by atoms with Crippen LogP contribution in [0.15, 0.2) is 71.9 Å². The van der Waals surface area contributed by atoms with Crippen molar-refractivity contribution in [1.29, 1.82) is 0 Å². The number of Topliss-reactive ketones (excluding diaryl/α,β-unsaturated/α-hetero) is 1. The number of rotatable bonds is 4. The summed E-state index contributed by atoms with van der Waals surface area (Å²) in [4.78, 5) is 21.6. The average molecular weight is 368 g/mol. The fourth-order valence-corrected chi connectivity index (χ4v) is 3.30. The summed E-state index contributed by atoms with van der Waals surface area (Å²) >= 11 is 0. The predicted octanol–water partition coefficient (Wildman–Crippen LogP) is 4.20. The first-order valence-corrected chi connectivity index (χ1v) is 8.90. The molecule has 4 heterocycles. The SMILES string of the molecule is Cn1cc(-c2cnc3cnc(CC(=O)c4ccc5ccoc5c4)cc3c2)cn1. The Balaban J connectivity index is 1.45. The van der Waals surface area contributed by atoms with E-state index in [4.69, 9.17) is 4.42 Å². The van der Waals surface area contributed by atoms with Crippen LogP contribution in [-0.4, -0.2) is 25.5 Å². The lowest BCUT2D eigenvalue weighted by Crippen LogP contribution is -2.05. The van der Waals surface area contributed by atoms with Crippen molar-refractivity contribution >= 4 is 27.7 Å². The monoisotopic (exact) mass is 368 g/mol. The Morgan fingerprint density at radius 3 is 2.79 bits per heavy atom. The summed E-state index contributed by atoms with van der Waals surface area (Å²) in [5, 5.41) is 6.13. The second kappa shape index (κ2) is 6.42. The molecule has 0 atom stereocenters. The fraction of sp³-hybridized carbons (Fsp3) is 0.0909. The zero-order chi connectivity index (χ0) is 19.1. The lowest BCUT2D eigenvalue weighted by Gasteiger charge is -2.05. The van der Waals surface area contributed by atoms with Gasteiger partial charge in [0.15, 0.2) is 5.78 Å². The van der Waals surface area contributed by atoms with E-state index in [0.717, 1.165) is 27.4 Å². The Bertz CT molecular complexity index is 1330. The maximum Gasteiger partial charge on any atom is 0.168 e. The summed E-state index contributed by atoms with van der Waals surface area (Å²) in [6.07, 6.45) is 9.11. The number of furan rings is 1. The van der Waals surface area contributed by atoms with Gasteiger partial charge in [-0.15, -0.1) is 0 Å². The lowest BCUT2D eigenvalue weighted by atomic mass is 10.0. The highest BCUT2D eigenvalue weighted by Gasteiger charge is 2.11. The molecular formula is C22H16N4O2. The standard InChI is InChI=1S/C22H16N4O2/c1-26-13-18(11-25-26)17-6-16-7-19(23-12-20(16)24-10-17)9-21(27)15-3-2-14-4-5-28-22(14)8-15/h2-8,10-13H,9H2,1H3. The van der Waals surface area contributed by atoms with Crippen molar-refractivity contribution in [3.05, 3.63) is 78.7 Å². The van der Waals surface area contributed by atoms with E-state index in [-0.39, 0.29) is 12.2 Å². The number of aromatic nitrogens is 4. The number of hydrogen-bond donors (Lipinski definition) is 0. The molecule has 0 spiro atoms. The minimum Gasteiger partial charge on any atom is -0.464 e. The van der Waals surface area contributed by atoms with E-state index in [1.807, 2.05) is 49.8 Å². The molecule has 28 heavy (non-hydrogen) atoms. The number of fused-ring (bicyclic) bond motifs is 2. The molecule has 0 saturated heterocycles. The first-order chi connectivity index (χ1) is 13.7. The predicted molar refractivity (Wildman–Crippen MR) is 106 cm³/mol. The molecule has 0 radical (unpaired) electrons. The number of ketones is 1. The van der Waals surface area contributed by atoms with Gasteiger partial charge in [-0.3, -0.25) is 19.4 Å². The van der Waals surface area contributed by atoms with Crippen molar-refractivity contribution in [2.24, 2.45) is 7.05 Å². The number of benzene rings is 1. The number of carbonyl (C=O) groups is 1. The normalized spacial score (nSPS) is 11.3. The third-order valence-corrected chi connectivity index (χ3v) is 4.78. The minimum absolute atomic E-state index is 0.00141. The van der Waals surface area contributed by atoms with E-state index in [2.05, 4.69) is 15.1 Å². The molecule has 0 saturated carbocycles. The van der Waals surface area contributed by atoms with Gasteiger partial charge in [0, 0.05) is 52.6 Å². The Morgan fingerprint density at radius 1 is 1.00 bits per heavy atom. The minimum atomic E-state index is 0.00141. The topological polar surface area (TPSA) is 73.8 Å². The molecule has 0 aliphatic heterocycles. The molecule has 0 N–H and O–H groups in total. The molecule has 4 aromatic heterocycles. The van der Waals surface area contributed by atoms with Crippen molar-refractivity contribution in [3.63, 3.8) is 0 Å². The van der Waals surface area contributed by atoms with Crippen molar-refractivity contribution in [2.75, 3.05) is 0 Å². The molecular weight excluding hydrogens is 352 g/mol. The van der Waals surface area contributed by atoms with Crippen molar-refractivity contribution in [2.45, 2.75) is 6.42 Å². The summed E-state index contributed by atoms with van der Waals surface area (Å²) in [5.74, 6) is 0.00141. The van der Waals surface area contributed by atoms with E-state index in [1.54, 1.807) is 29.4 Å². The highest BCUT2D eigenvalue weighted by Crippen LogP contribution is 2.23. The maximum absolute atomic E-state index is 12.7. The summed E-state index contributed by atoms with van der Waals surface area (Å²) in [6.45, 7) is 0. The first kappa shape index (κ1) is 16.4. The smallest absolute Gasteiger partial charge is 0.168 e. The molecule has 5 aromatic rings. The maximum atomic E-state index is 12.7. The third-order valence-electron chi connectivity index (χ3n) is 4.78. The van der Waals surface area contributed by atoms with E-state index in [0.29, 0.717) is 16.8 Å². The number of hydrogen-bond acceptors (Lipinski definition) is 5. The number of nitrogens with zero attached hydrogens (tertiary/aromatic N) is 4. The van der Waals surface area contributed by atoms with E-state index in [1.165, 1.54) is 0 Å². The summed E-state index contributed by atoms with van der Waals surface area (Å²) < 4.78 is 7.15. The second-order valence-electron chi connectivity index (χ2n) is 6.77. The van der Waals surface area contributed by atoms with Crippen LogP contribution in [0.4, 0.5) is 0 Å². The van der Waals surface area contributed by atoms with Crippen LogP contribution < -0.4 is 0 Å². The average Bonchev–Trinajstić information content (AvgIpc) is 3.35. The fourth-order valence-electron chi connectivity index (χ4n) is 3.30. The Hall–Kier alpha value is -3.80. The van der Waals surface area contributed by atoms with Crippen LogP contribution in [0.25, 0.3) is 33.0 Å². The Labute approximate surface area is 160 Å². The second-order valence-corrected chi connectivity index (χ2v) is 6.77. The number of aryl methyl sites for hydroxylation is 1. The quantitative estimate of drug-likeness (QED) is 0.445. The van der Waals surface area contributed by atoms with Gasteiger partial charge in [-0.25, -0.2) is 0 Å². The van der Waals surface area contributed by atoms with Gasteiger partial charge in [-0.1, -0.05) is 12.1 Å². The van der Waals surface area contributed by atoms with Gasteiger partial charge in [0.05, 0.1) is 30.6 Å². The third kappa shape index (κ3) is 2.95. The molecule has 0 aliphatic carbocycles. The molecule has 0 bridgehead atoms. The molecule has 0 amide bonds. The molecule has 6 heteroatoms. The largest absolute Gasteiger partial charge is 0.464 e. The zero-order valence-electron chi connectivity index (χ0n) is 15.2. The van der Waals surface area contributed by atoms with Gasteiger partial charge in [0.2, 0.25) is 0 Å². The van der Waals surface area contributed by atoms with Crippen LogP contribution in [0.3, 0.4) is 0 Å². The van der Waals surface area contributed by atoms with Crippen LogP contribution in [0.5, 0.6) is 0 Å². The van der Waals surface area contributed by atoms with Gasteiger partial charge in [-0.2, -0.15) is 5.10 Å². The highest BCUT2D eigenvalue weighted by molar-refractivity contribution is 6.00. The van der Waals surface area contributed by atoms with Crippen LogP contribution in [-0.2, 0) is 13.5 Å². The van der Waals surface area contributed by atoms with Crippen LogP contribution in [0.1, 0.15) is 16.1 Å². The zero-order valence-corrected chi connectivity index (χ0v) is 15.2. The van der Waals surface area contributed by atoms with Gasteiger partial charge in [0.1, 0.15) is 5.58 Å². The lowest BCUT2D eigenvalue weighted by molar-refractivity contribution is 0.0992.